The zero-order chi connectivity index (χ0) is 15.4. The smallest absolute Gasteiger partial charge is 0.237 e. The van der Waals surface area contributed by atoms with E-state index < -0.39 is 0 Å². The first-order valence-electron chi connectivity index (χ1n) is 8.41. The molecule has 0 atom stereocenters. The largest absolute Gasteiger partial charge is 0.334 e. The summed E-state index contributed by atoms with van der Waals surface area (Å²) in [7, 11) is 0. The summed E-state index contributed by atoms with van der Waals surface area (Å²) < 4.78 is 0. The van der Waals surface area contributed by atoms with Crippen molar-refractivity contribution in [1.29, 1.82) is 0 Å². The molecule has 1 saturated carbocycles. The molecule has 4 heteroatoms. The Morgan fingerprint density at radius 3 is 2.45 bits per heavy atom. The summed E-state index contributed by atoms with van der Waals surface area (Å²) in [4.78, 5) is 18.4. The maximum atomic E-state index is 12.7. The molecule has 22 heavy (non-hydrogen) atoms. The molecular formula is C18H26N2OS. The van der Waals surface area contributed by atoms with Gasteiger partial charge in [-0.25, -0.2) is 0 Å². The van der Waals surface area contributed by atoms with Gasteiger partial charge in [0.1, 0.15) is 0 Å². The van der Waals surface area contributed by atoms with Gasteiger partial charge < -0.3 is 4.90 Å². The third kappa shape index (κ3) is 4.26. The molecule has 1 aromatic rings. The van der Waals surface area contributed by atoms with Crippen LogP contribution in [0.1, 0.15) is 37.7 Å². The van der Waals surface area contributed by atoms with Gasteiger partial charge in [0.25, 0.3) is 0 Å². The number of carbonyl (C=O) groups is 1. The summed E-state index contributed by atoms with van der Waals surface area (Å²) >= 11 is 1.76. The SMILES string of the molecule is CSc1ccc(CN(C(=O)CN2CCCCC2)C2CC2)cc1. The fourth-order valence-corrected chi connectivity index (χ4v) is 3.54. The number of hydrogen-bond acceptors (Lipinski definition) is 3. The number of nitrogens with zero attached hydrogens (tertiary/aromatic N) is 2. The van der Waals surface area contributed by atoms with Gasteiger partial charge in [-0.05, 0) is 62.7 Å². The molecule has 0 unspecified atom stereocenters. The zero-order valence-electron chi connectivity index (χ0n) is 13.5. The molecule has 3 nitrogen and oxygen atoms in total. The highest BCUT2D eigenvalue weighted by Gasteiger charge is 2.33. The molecule has 1 heterocycles. The highest BCUT2D eigenvalue weighted by molar-refractivity contribution is 7.98. The molecule has 2 fully saturated rings. The van der Waals surface area contributed by atoms with E-state index in [0.717, 1.165) is 19.6 Å². The fraction of sp³-hybridized carbons (Fsp3) is 0.611. The minimum atomic E-state index is 0.318. The van der Waals surface area contributed by atoms with E-state index in [-0.39, 0.29) is 0 Å². The molecule has 3 rings (SSSR count). The number of carbonyl (C=O) groups excluding carboxylic acids is 1. The van der Waals surface area contributed by atoms with Crippen molar-refractivity contribution in [2.75, 3.05) is 25.9 Å². The van der Waals surface area contributed by atoms with Gasteiger partial charge in [-0.1, -0.05) is 18.6 Å². The van der Waals surface area contributed by atoms with Gasteiger partial charge in [0.2, 0.25) is 5.91 Å². The van der Waals surface area contributed by atoms with Gasteiger partial charge >= 0.3 is 0 Å². The number of rotatable bonds is 6. The predicted molar refractivity (Wildman–Crippen MR) is 92.1 cm³/mol. The van der Waals surface area contributed by atoms with Crippen molar-refractivity contribution in [1.82, 2.24) is 9.80 Å². The standard InChI is InChI=1S/C18H26N2OS/c1-22-17-9-5-15(6-10-17)13-20(16-7-8-16)18(21)14-19-11-3-2-4-12-19/h5-6,9-10,16H,2-4,7-8,11-14H2,1H3. The minimum absolute atomic E-state index is 0.318. The van der Waals surface area contributed by atoms with Crippen LogP contribution in [0.5, 0.6) is 0 Å². The van der Waals surface area contributed by atoms with Gasteiger partial charge in [0.05, 0.1) is 6.54 Å². The van der Waals surface area contributed by atoms with E-state index in [0.29, 0.717) is 18.5 Å². The minimum Gasteiger partial charge on any atom is -0.334 e. The molecule has 1 aliphatic carbocycles. The predicted octanol–water partition coefficient (Wildman–Crippen LogP) is 3.39. The van der Waals surface area contributed by atoms with Gasteiger partial charge in [-0.2, -0.15) is 0 Å². The molecule has 0 bridgehead atoms. The summed E-state index contributed by atoms with van der Waals surface area (Å²) in [6, 6.07) is 9.11. The molecule has 120 valence electrons. The number of thioether (sulfide) groups is 1. The number of amides is 1. The van der Waals surface area contributed by atoms with E-state index in [2.05, 4.69) is 40.3 Å². The average Bonchev–Trinajstić information content (AvgIpc) is 3.39. The lowest BCUT2D eigenvalue weighted by atomic mass is 10.1. The second-order valence-corrected chi connectivity index (χ2v) is 7.32. The maximum Gasteiger partial charge on any atom is 0.237 e. The Kier molecular flexibility index (Phi) is 5.42. The van der Waals surface area contributed by atoms with Gasteiger partial charge in [0.15, 0.2) is 0 Å². The molecule has 1 aromatic carbocycles. The zero-order valence-corrected chi connectivity index (χ0v) is 14.3. The quantitative estimate of drug-likeness (QED) is 0.751. The van der Waals surface area contributed by atoms with E-state index in [9.17, 15) is 4.79 Å². The van der Waals surface area contributed by atoms with Crippen molar-refractivity contribution in [2.45, 2.75) is 49.6 Å². The van der Waals surface area contributed by atoms with Crippen molar-refractivity contribution in [2.24, 2.45) is 0 Å². The van der Waals surface area contributed by atoms with E-state index in [1.165, 1.54) is 42.6 Å². The lowest BCUT2D eigenvalue weighted by Crippen LogP contribution is -2.42. The van der Waals surface area contributed by atoms with Gasteiger partial charge in [0, 0.05) is 17.5 Å². The van der Waals surface area contributed by atoms with Crippen LogP contribution >= 0.6 is 11.8 Å². The van der Waals surface area contributed by atoms with Crippen molar-refractivity contribution in [3.63, 3.8) is 0 Å². The molecular weight excluding hydrogens is 292 g/mol. The Hall–Kier alpha value is -1.00. The first-order valence-corrected chi connectivity index (χ1v) is 9.63. The summed E-state index contributed by atoms with van der Waals surface area (Å²) in [6.45, 7) is 3.56. The molecule has 1 saturated heterocycles. The van der Waals surface area contributed by atoms with Crippen LogP contribution in [0.15, 0.2) is 29.2 Å². The number of hydrogen-bond donors (Lipinski definition) is 0. The van der Waals surface area contributed by atoms with Crippen LogP contribution in [0, 0.1) is 0 Å². The van der Waals surface area contributed by atoms with Crippen LogP contribution < -0.4 is 0 Å². The third-order valence-electron chi connectivity index (χ3n) is 4.63. The summed E-state index contributed by atoms with van der Waals surface area (Å²) in [5.41, 5.74) is 1.25. The number of likely N-dealkylation sites (tertiary alicyclic amines) is 1. The Morgan fingerprint density at radius 1 is 1.18 bits per heavy atom. The molecule has 1 amide bonds. The van der Waals surface area contributed by atoms with Crippen molar-refractivity contribution >= 4 is 17.7 Å². The third-order valence-corrected chi connectivity index (χ3v) is 5.37. The highest BCUT2D eigenvalue weighted by Crippen LogP contribution is 2.29. The lowest BCUT2D eigenvalue weighted by molar-refractivity contribution is -0.133. The molecule has 2 aliphatic rings. The Morgan fingerprint density at radius 2 is 1.86 bits per heavy atom. The lowest BCUT2D eigenvalue weighted by Gasteiger charge is -2.29. The first kappa shape index (κ1) is 15.9. The van der Waals surface area contributed by atoms with E-state index >= 15 is 0 Å². The molecule has 0 aromatic heterocycles. The van der Waals surface area contributed by atoms with Crippen LogP contribution in [-0.4, -0.2) is 47.6 Å². The maximum absolute atomic E-state index is 12.7. The Bertz CT molecular complexity index is 492. The van der Waals surface area contributed by atoms with Crippen molar-refractivity contribution in [3.05, 3.63) is 29.8 Å². The van der Waals surface area contributed by atoms with Crippen LogP contribution in [0.2, 0.25) is 0 Å². The summed E-state index contributed by atoms with van der Waals surface area (Å²) in [5, 5.41) is 0. The Balaban J connectivity index is 1.60. The number of benzene rings is 1. The topological polar surface area (TPSA) is 23.6 Å². The van der Waals surface area contributed by atoms with Crippen LogP contribution in [0.25, 0.3) is 0 Å². The molecule has 0 radical (unpaired) electrons. The molecule has 0 spiro atoms. The average molecular weight is 318 g/mol. The van der Waals surface area contributed by atoms with Crippen LogP contribution in [0.4, 0.5) is 0 Å². The highest BCUT2D eigenvalue weighted by atomic mass is 32.2. The van der Waals surface area contributed by atoms with E-state index in [1.54, 1.807) is 11.8 Å². The number of piperidine rings is 1. The van der Waals surface area contributed by atoms with E-state index in [1.807, 2.05) is 0 Å². The molecule has 0 N–H and O–H groups in total. The summed E-state index contributed by atoms with van der Waals surface area (Å²) in [6.07, 6.45) is 8.25. The fourth-order valence-electron chi connectivity index (χ4n) is 3.13. The van der Waals surface area contributed by atoms with Gasteiger partial charge in [-0.15, -0.1) is 11.8 Å². The van der Waals surface area contributed by atoms with Crippen LogP contribution in [0.3, 0.4) is 0 Å². The van der Waals surface area contributed by atoms with Crippen molar-refractivity contribution in [3.8, 4) is 0 Å². The Labute approximate surface area is 138 Å². The van der Waals surface area contributed by atoms with Crippen LogP contribution in [-0.2, 0) is 11.3 Å². The normalized spacial score (nSPS) is 19.1. The second kappa shape index (κ2) is 7.51. The van der Waals surface area contributed by atoms with E-state index in [4.69, 9.17) is 0 Å². The van der Waals surface area contributed by atoms with Gasteiger partial charge in [-0.3, -0.25) is 9.69 Å². The molecule has 1 aliphatic heterocycles. The first-order chi connectivity index (χ1) is 10.8. The summed E-state index contributed by atoms with van der Waals surface area (Å²) in [5.74, 6) is 0.318. The second-order valence-electron chi connectivity index (χ2n) is 6.44. The van der Waals surface area contributed by atoms with Crippen molar-refractivity contribution < 1.29 is 4.79 Å². The monoisotopic (exact) mass is 318 g/mol.